The van der Waals surface area contributed by atoms with Crippen molar-refractivity contribution in [1.82, 2.24) is 4.98 Å². The van der Waals surface area contributed by atoms with E-state index in [1.165, 1.54) is 12.1 Å². The minimum absolute atomic E-state index is 0.00996. The SMILES string of the molecule is Cc1c[nH]c(C(=O)OC(C)(C)C)c1-c1ccc([N+](=O)[O-])cc1. The molecule has 6 heteroatoms. The number of ether oxygens (including phenoxy) is 1. The summed E-state index contributed by atoms with van der Waals surface area (Å²) in [6.45, 7) is 7.26. The summed E-state index contributed by atoms with van der Waals surface area (Å²) in [4.78, 5) is 25.5. The van der Waals surface area contributed by atoms with Gasteiger partial charge in [-0.1, -0.05) is 0 Å². The predicted molar refractivity (Wildman–Crippen MR) is 82.8 cm³/mol. The van der Waals surface area contributed by atoms with Crippen LogP contribution >= 0.6 is 0 Å². The molecule has 1 aromatic heterocycles. The third-order valence-corrected chi connectivity index (χ3v) is 3.05. The van der Waals surface area contributed by atoms with Crippen molar-refractivity contribution in [2.24, 2.45) is 0 Å². The Morgan fingerprint density at radius 1 is 1.23 bits per heavy atom. The minimum atomic E-state index is -0.594. The summed E-state index contributed by atoms with van der Waals surface area (Å²) in [5, 5.41) is 10.7. The molecular formula is C16H18N2O4. The van der Waals surface area contributed by atoms with Gasteiger partial charge >= 0.3 is 5.97 Å². The normalized spacial score (nSPS) is 11.3. The molecule has 0 saturated heterocycles. The molecule has 2 rings (SSSR count). The molecule has 6 nitrogen and oxygen atoms in total. The molecule has 0 aliphatic carbocycles. The minimum Gasteiger partial charge on any atom is -0.455 e. The number of esters is 1. The van der Waals surface area contributed by atoms with Gasteiger partial charge in [0.05, 0.1) is 4.92 Å². The lowest BCUT2D eigenvalue weighted by Gasteiger charge is -2.19. The molecule has 0 atom stereocenters. The summed E-state index contributed by atoms with van der Waals surface area (Å²) in [6.07, 6.45) is 1.72. The zero-order valence-corrected chi connectivity index (χ0v) is 13.0. The Morgan fingerprint density at radius 3 is 2.32 bits per heavy atom. The molecule has 0 spiro atoms. The average Bonchev–Trinajstić information content (AvgIpc) is 2.79. The van der Waals surface area contributed by atoms with Gasteiger partial charge in [-0.05, 0) is 51.0 Å². The first-order valence-electron chi connectivity index (χ1n) is 6.85. The van der Waals surface area contributed by atoms with Crippen LogP contribution in [-0.2, 0) is 4.74 Å². The van der Waals surface area contributed by atoms with Crippen LogP contribution in [0.15, 0.2) is 30.5 Å². The monoisotopic (exact) mass is 302 g/mol. The van der Waals surface area contributed by atoms with Crippen molar-refractivity contribution in [3.05, 3.63) is 51.8 Å². The largest absolute Gasteiger partial charge is 0.455 e. The fourth-order valence-corrected chi connectivity index (χ4v) is 2.13. The number of aromatic amines is 1. The van der Waals surface area contributed by atoms with Crippen LogP contribution in [0.1, 0.15) is 36.8 Å². The maximum Gasteiger partial charge on any atom is 0.355 e. The van der Waals surface area contributed by atoms with Gasteiger partial charge in [0.1, 0.15) is 11.3 Å². The van der Waals surface area contributed by atoms with Gasteiger partial charge in [-0.3, -0.25) is 10.1 Å². The molecule has 1 N–H and O–H groups in total. The second kappa shape index (κ2) is 5.63. The van der Waals surface area contributed by atoms with Crippen molar-refractivity contribution in [3.8, 4) is 11.1 Å². The number of nitro groups is 1. The van der Waals surface area contributed by atoms with Gasteiger partial charge < -0.3 is 9.72 Å². The predicted octanol–water partition coefficient (Wildman–Crippen LogP) is 3.85. The maximum absolute atomic E-state index is 12.3. The number of nitro benzene ring substituents is 1. The molecule has 0 bridgehead atoms. The molecule has 2 aromatic rings. The van der Waals surface area contributed by atoms with Crippen LogP contribution in [0.2, 0.25) is 0 Å². The third-order valence-electron chi connectivity index (χ3n) is 3.05. The number of nitrogens with one attached hydrogen (secondary N) is 1. The van der Waals surface area contributed by atoms with Gasteiger partial charge in [-0.2, -0.15) is 0 Å². The van der Waals surface area contributed by atoms with E-state index in [2.05, 4.69) is 4.98 Å². The molecule has 1 aromatic carbocycles. The first-order valence-corrected chi connectivity index (χ1v) is 6.85. The number of aromatic nitrogens is 1. The number of nitrogens with zero attached hydrogens (tertiary/aromatic N) is 1. The van der Waals surface area contributed by atoms with Crippen molar-refractivity contribution >= 4 is 11.7 Å². The van der Waals surface area contributed by atoms with Crippen LogP contribution in [-0.4, -0.2) is 21.5 Å². The Bertz CT molecular complexity index is 709. The van der Waals surface area contributed by atoms with E-state index in [-0.39, 0.29) is 5.69 Å². The van der Waals surface area contributed by atoms with Crippen LogP contribution in [0.5, 0.6) is 0 Å². The van der Waals surface area contributed by atoms with Crippen molar-refractivity contribution in [2.45, 2.75) is 33.3 Å². The highest BCUT2D eigenvalue weighted by Crippen LogP contribution is 2.30. The third kappa shape index (κ3) is 3.33. The van der Waals surface area contributed by atoms with Gasteiger partial charge in [0.2, 0.25) is 0 Å². The van der Waals surface area contributed by atoms with Crippen molar-refractivity contribution in [1.29, 1.82) is 0 Å². The number of carbonyl (C=O) groups is 1. The smallest absolute Gasteiger partial charge is 0.355 e. The molecule has 22 heavy (non-hydrogen) atoms. The first kappa shape index (κ1) is 15.8. The van der Waals surface area contributed by atoms with Crippen molar-refractivity contribution < 1.29 is 14.5 Å². The fraction of sp³-hybridized carbons (Fsp3) is 0.312. The molecule has 0 aliphatic rings. The first-order chi connectivity index (χ1) is 10.2. The number of non-ortho nitro benzene ring substituents is 1. The molecular weight excluding hydrogens is 284 g/mol. The van der Waals surface area contributed by atoms with Gasteiger partial charge in [-0.25, -0.2) is 4.79 Å². The summed E-state index contributed by atoms with van der Waals surface area (Å²) in [7, 11) is 0. The van der Waals surface area contributed by atoms with Crippen LogP contribution in [0.4, 0.5) is 5.69 Å². The summed E-state index contributed by atoms with van der Waals surface area (Å²) in [5.74, 6) is -0.450. The molecule has 116 valence electrons. The van der Waals surface area contributed by atoms with E-state index in [9.17, 15) is 14.9 Å². The number of H-pyrrole nitrogens is 1. The fourth-order valence-electron chi connectivity index (χ4n) is 2.13. The summed E-state index contributed by atoms with van der Waals surface area (Å²) in [6, 6.07) is 6.09. The van der Waals surface area contributed by atoms with E-state index in [1.807, 2.05) is 6.92 Å². The molecule has 0 radical (unpaired) electrons. The topological polar surface area (TPSA) is 85.2 Å². The quantitative estimate of drug-likeness (QED) is 0.530. The number of hydrogen-bond acceptors (Lipinski definition) is 4. The Morgan fingerprint density at radius 2 is 1.82 bits per heavy atom. The van der Waals surface area contributed by atoms with E-state index >= 15 is 0 Å². The summed E-state index contributed by atoms with van der Waals surface area (Å²) < 4.78 is 5.38. The number of benzene rings is 1. The summed E-state index contributed by atoms with van der Waals surface area (Å²) >= 11 is 0. The number of hydrogen-bond donors (Lipinski definition) is 1. The van der Waals surface area contributed by atoms with E-state index in [1.54, 1.807) is 39.1 Å². The van der Waals surface area contributed by atoms with Crippen molar-refractivity contribution in [2.75, 3.05) is 0 Å². The Hall–Kier alpha value is -2.63. The van der Waals surface area contributed by atoms with Gasteiger partial charge in [0, 0.05) is 23.9 Å². The van der Waals surface area contributed by atoms with Crippen molar-refractivity contribution in [3.63, 3.8) is 0 Å². The Labute approximate surface area is 128 Å². The lowest BCUT2D eigenvalue weighted by Crippen LogP contribution is -2.24. The standard InChI is InChI=1S/C16H18N2O4/c1-10-9-17-14(15(19)22-16(2,3)4)13(10)11-5-7-12(8-6-11)18(20)21/h5-9,17H,1-4H3. The second-order valence-electron chi connectivity index (χ2n) is 6.03. The lowest BCUT2D eigenvalue weighted by atomic mass is 10.0. The Balaban J connectivity index is 2.41. The highest BCUT2D eigenvalue weighted by molar-refractivity contribution is 5.96. The van der Waals surface area contributed by atoms with Gasteiger partial charge in [0.25, 0.3) is 5.69 Å². The van der Waals surface area contributed by atoms with E-state index in [0.717, 1.165) is 11.1 Å². The van der Waals surface area contributed by atoms with Gasteiger partial charge in [-0.15, -0.1) is 0 Å². The zero-order valence-electron chi connectivity index (χ0n) is 13.0. The van der Waals surface area contributed by atoms with Crippen LogP contribution in [0.3, 0.4) is 0 Å². The maximum atomic E-state index is 12.3. The van der Waals surface area contributed by atoms with Crippen LogP contribution < -0.4 is 0 Å². The zero-order chi connectivity index (χ0) is 16.5. The second-order valence-corrected chi connectivity index (χ2v) is 6.03. The van der Waals surface area contributed by atoms with Crippen LogP contribution in [0, 0.1) is 17.0 Å². The number of aryl methyl sites for hydroxylation is 1. The highest BCUT2D eigenvalue weighted by Gasteiger charge is 2.23. The molecule has 0 fully saturated rings. The molecule has 0 saturated carbocycles. The van der Waals surface area contributed by atoms with E-state index in [4.69, 9.17) is 4.74 Å². The molecule has 0 amide bonds. The molecule has 1 heterocycles. The van der Waals surface area contributed by atoms with Crippen LogP contribution in [0.25, 0.3) is 11.1 Å². The van der Waals surface area contributed by atoms with Gasteiger partial charge in [0.15, 0.2) is 0 Å². The summed E-state index contributed by atoms with van der Waals surface area (Å²) in [5.41, 5.74) is 2.06. The molecule has 0 unspecified atom stereocenters. The highest BCUT2D eigenvalue weighted by atomic mass is 16.6. The average molecular weight is 302 g/mol. The lowest BCUT2D eigenvalue weighted by molar-refractivity contribution is -0.384. The van der Waals surface area contributed by atoms with E-state index < -0.39 is 16.5 Å². The molecule has 0 aliphatic heterocycles. The Kier molecular flexibility index (Phi) is 4.03. The number of rotatable bonds is 3. The number of carbonyl (C=O) groups excluding carboxylic acids is 1. The van der Waals surface area contributed by atoms with E-state index in [0.29, 0.717) is 11.3 Å².